The first-order chi connectivity index (χ1) is 10.3. The van der Waals surface area contributed by atoms with Gasteiger partial charge in [0.15, 0.2) is 0 Å². The minimum absolute atomic E-state index is 0.269. The van der Waals surface area contributed by atoms with Gasteiger partial charge in [0.2, 0.25) is 0 Å². The first kappa shape index (κ1) is 14.8. The minimum atomic E-state index is -0.283. The Kier molecular flexibility index (Phi) is 4.78. The van der Waals surface area contributed by atoms with E-state index in [0.717, 1.165) is 57.7 Å². The SMILES string of the molecule is O[C@H]1CCCOC12CCN(CCOc1ccccc1)CC2. The van der Waals surface area contributed by atoms with Gasteiger partial charge in [-0.2, -0.15) is 0 Å². The van der Waals surface area contributed by atoms with Crippen LogP contribution in [0.25, 0.3) is 0 Å². The van der Waals surface area contributed by atoms with Crippen molar-refractivity contribution in [3.8, 4) is 5.75 Å². The van der Waals surface area contributed by atoms with Gasteiger partial charge in [0, 0.05) is 26.2 Å². The second-order valence-electron chi connectivity index (χ2n) is 6.07. The maximum Gasteiger partial charge on any atom is 0.119 e. The van der Waals surface area contributed by atoms with Crippen molar-refractivity contribution >= 4 is 0 Å². The number of aliphatic hydroxyl groups excluding tert-OH is 1. The molecule has 2 aliphatic rings. The molecule has 2 fully saturated rings. The number of rotatable bonds is 4. The number of hydrogen-bond acceptors (Lipinski definition) is 4. The van der Waals surface area contributed by atoms with Gasteiger partial charge >= 0.3 is 0 Å². The van der Waals surface area contributed by atoms with E-state index in [9.17, 15) is 5.11 Å². The van der Waals surface area contributed by atoms with Gasteiger partial charge in [-0.1, -0.05) is 18.2 Å². The van der Waals surface area contributed by atoms with Gasteiger partial charge in [-0.25, -0.2) is 0 Å². The number of ether oxygens (including phenoxy) is 2. The van der Waals surface area contributed by atoms with Crippen LogP contribution >= 0.6 is 0 Å². The zero-order chi connectivity index (χ0) is 14.5. The molecular formula is C17H25NO3. The lowest BCUT2D eigenvalue weighted by atomic mass is 9.82. The van der Waals surface area contributed by atoms with Crippen LogP contribution in [0.1, 0.15) is 25.7 Å². The molecule has 1 spiro atoms. The highest BCUT2D eigenvalue weighted by molar-refractivity contribution is 5.20. The van der Waals surface area contributed by atoms with Gasteiger partial charge in [0.05, 0.1) is 11.7 Å². The Morgan fingerprint density at radius 2 is 2.00 bits per heavy atom. The second-order valence-corrected chi connectivity index (χ2v) is 6.07. The molecule has 0 aromatic heterocycles. The maximum atomic E-state index is 10.2. The van der Waals surface area contributed by atoms with E-state index in [1.165, 1.54) is 0 Å². The average Bonchev–Trinajstić information content (AvgIpc) is 2.53. The maximum absolute atomic E-state index is 10.2. The van der Waals surface area contributed by atoms with Gasteiger partial charge < -0.3 is 14.6 Å². The third-order valence-corrected chi connectivity index (χ3v) is 4.74. The molecule has 0 aliphatic carbocycles. The molecule has 2 aliphatic heterocycles. The van der Waals surface area contributed by atoms with Gasteiger partial charge in [0.1, 0.15) is 12.4 Å². The number of piperidine rings is 1. The fraction of sp³-hybridized carbons (Fsp3) is 0.647. The predicted molar refractivity (Wildman–Crippen MR) is 81.5 cm³/mol. The highest BCUT2D eigenvalue weighted by Gasteiger charge is 2.43. The zero-order valence-corrected chi connectivity index (χ0v) is 12.5. The first-order valence-electron chi connectivity index (χ1n) is 8.01. The first-order valence-corrected chi connectivity index (χ1v) is 8.01. The van der Waals surface area contributed by atoms with E-state index in [1.54, 1.807) is 0 Å². The summed E-state index contributed by atoms with van der Waals surface area (Å²) in [5, 5.41) is 10.2. The van der Waals surface area contributed by atoms with Crippen LogP contribution in [-0.4, -0.2) is 54.6 Å². The van der Waals surface area contributed by atoms with Crippen LogP contribution < -0.4 is 4.74 Å². The molecule has 0 radical (unpaired) electrons. The monoisotopic (exact) mass is 291 g/mol. The summed E-state index contributed by atoms with van der Waals surface area (Å²) in [5.74, 6) is 0.928. The zero-order valence-electron chi connectivity index (χ0n) is 12.5. The highest BCUT2D eigenvalue weighted by atomic mass is 16.5. The molecule has 3 rings (SSSR count). The van der Waals surface area contributed by atoms with Gasteiger partial charge in [-0.15, -0.1) is 0 Å². The topological polar surface area (TPSA) is 41.9 Å². The molecule has 0 saturated carbocycles. The van der Waals surface area contributed by atoms with Crippen LogP contribution in [-0.2, 0) is 4.74 Å². The molecule has 4 nitrogen and oxygen atoms in total. The van der Waals surface area contributed by atoms with E-state index in [1.807, 2.05) is 30.3 Å². The summed E-state index contributed by atoms with van der Waals surface area (Å²) < 4.78 is 11.7. The van der Waals surface area contributed by atoms with Crippen molar-refractivity contribution < 1.29 is 14.6 Å². The predicted octanol–water partition coefficient (Wildman–Crippen LogP) is 2.07. The molecule has 1 aromatic carbocycles. The van der Waals surface area contributed by atoms with Crippen molar-refractivity contribution in [2.45, 2.75) is 37.4 Å². The second kappa shape index (κ2) is 6.77. The van der Waals surface area contributed by atoms with Crippen LogP contribution in [0.15, 0.2) is 30.3 Å². The molecule has 1 atom stereocenters. The van der Waals surface area contributed by atoms with E-state index >= 15 is 0 Å². The largest absolute Gasteiger partial charge is 0.492 e. The fourth-order valence-corrected chi connectivity index (χ4v) is 3.35. The molecule has 4 heteroatoms. The molecule has 116 valence electrons. The molecule has 21 heavy (non-hydrogen) atoms. The Labute approximate surface area is 126 Å². The highest BCUT2D eigenvalue weighted by Crippen LogP contribution is 2.35. The summed E-state index contributed by atoms with van der Waals surface area (Å²) in [6.45, 7) is 4.40. The normalized spacial score (nSPS) is 25.9. The summed E-state index contributed by atoms with van der Waals surface area (Å²) >= 11 is 0. The van der Waals surface area contributed by atoms with Gasteiger partial charge in [0.25, 0.3) is 0 Å². The summed E-state index contributed by atoms with van der Waals surface area (Å²) in [4.78, 5) is 2.40. The van der Waals surface area contributed by atoms with Crippen LogP contribution in [0, 0.1) is 0 Å². The Hall–Kier alpha value is -1.10. The Morgan fingerprint density at radius 1 is 1.24 bits per heavy atom. The summed E-state index contributed by atoms with van der Waals surface area (Å²) in [5.41, 5.74) is -0.269. The van der Waals surface area contributed by atoms with E-state index < -0.39 is 0 Å². The lowest BCUT2D eigenvalue weighted by molar-refractivity contribution is -0.177. The minimum Gasteiger partial charge on any atom is -0.492 e. The van der Waals surface area contributed by atoms with Gasteiger partial charge in [-0.3, -0.25) is 4.90 Å². The molecule has 0 unspecified atom stereocenters. The number of aliphatic hydroxyl groups is 1. The molecule has 1 aromatic rings. The standard InChI is InChI=1S/C17H25NO3/c19-16-7-4-13-21-17(16)8-10-18(11-9-17)12-14-20-15-5-2-1-3-6-15/h1-3,5-6,16,19H,4,7-14H2/t16-/m0/s1. The Bertz CT molecular complexity index is 429. The number of para-hydroxylation sites is 1. The summed E-state index contributed by atoms with van der Waals surface area (Å²) in [6, 6.07) is 9.94. The van der Waals surface area contributed by atoms with Crippen LogP contribution in [0.5, 0.6) is 5.75 Å². The third kappa shape index (κ3) is 3.57. The van der Waals surface area contributed by atoms with Crippen molar-refractivity contribution in [1.82, 2.24) is 4.90 Å². The van der Waals surface area contributed by atoms with E-state index in [-0.39, 0.29) is 11.7 Å². The van der Waals surface area contributed by atoms with Crippen LogP contribution in [0.2, 0.25) is 0 Å². The van der Waals surface area contributed by atoms with Crippen molar-refractivity contribution in [2.75, 3.05) is 32.8 Å². The number of nitrogens with zero attached hydrogens (tertiary/aromatic N) is 1. The van der Waals surface area contributed by atoms with Crippen LogP contribution in [0.3, 0.4) is 0 Å². The molecular weight excluding hydrogens is 266 g/mol. The van der Waals surface area contributed by atoms with Crippen LogP contribution in [0.4, 0.5) is 0 Å². The van der Waals surface area contributed by atoms with E-state index in [4.69, 9.17) is 9.47 Å². The Morgan fingerprint density at radius 3 is 2.71 bits per heavy atom. The fourth-order valence-electron chi connectivity index (χ4n) is 3.35. The molecule has 2 saturated heterocycles. The summed E-state index contributed by atoms with van der Waals surface area (Å²) in [6.07, 6.45) is 3.45. The Balaban J connectivity index is 1.41. The van der Waals surface area contributed by atoms with E-state index in [0.29, 0.717) is 6.61 Å². The molecule has 0 amide bonds. The number of benzene rings is 1. The number of likely N-dealkylation sites (tertiary alicyclic amines) is 1. The van der Waals surface area contributed by atoms with Crippen molar-refractivity contribution in [3.05, 3.63) is 30.3 Å². The lowest BCUT2D eigenvalue weighted by Crippen LogP contribution is -2.55. The summed E-state index contributed by atoms with van der Waals surface area (Å²) in [7, 11) is 0. The van der Waals surface area contributed by atoms with E-state index in [2.05, 4.69) is 4.90 Å². The van der Waals surface area contributed by atoms with Crippen molar-refractivity contribution in [2.24, 2.45) is 0 Å². The third-order valence-electron chi connectivity index (χ3n) is 4.74. The quantitative estimate of drug-likeness (QED) is 0.922. The van der Waals surface area contributed by atoms with Crippen molar-refractivity contribution in [1.29, 1.82) is 0 Å². The lowest BCUT2D eigenvalue weighted by Gasteiger charge is -2.46. The smallest absolute Gasteiger partial charge is 0.119 e. The van der Waals surface area contributed by atoms with Gasteiger partial charge in [-0.05, 0) is 37.8 Å². The average molecular weight is 291 g/mol. The number of hydrogen-bond donors (Lipinski definition) is 1. The molecule has 2 heterocycles. The molecule has 1 N–H and O–H groups in total. The molecule has 0 bridgehead atoms. The van der Waals surface area contributed by atoms with Crippen molar-refractivity contribution in [3.63, 3.8) is 0 Å².